The fourth-order valence-corrected chi connectivity index (χ4v) is 5.19. The van der Waals surface area contributed by atoms with E-state index in [1.807, 2.05) is 27.8 Å². The lowest BCUT2D eigenvalue weighted by Crippen LogP contribution is -2.46. The van der Waals surface area contributed by atoms with Crippen LogP contribution in [0.25, 0.3) is 0 Å². The first-order valence-electron chi connectivity index (χ1n) is 6.81. The molecule has 3 nitrogen and oxygen atoms in total. The highest BCUT2D eigenvalue weighted by atomic mass is 32.2. The van der Waals surface area contributed by atoms with Crippen LogP contribution in [0.4, 0.5) is 0 Å². The van der Waals surface area contributed by atoms with E-state index in [1.54, 1.807) is 0 Å². The zero-order valence-corrected chi connectivity index (χ0v) is 12.4. The molecule has 102 valence electrons. The molecule has 1 N–H and O–H groups in total. The van der Waals surface area contributed by atoms with Crippen molar-refractivity contribution < 1.29 is 8.42 Å². The summed E-state index contributed by atoms with van der Waals surface area (Å²) < 4.78 is 25.2. The molecule has 0 saturated heterocycles. The number of nitrogens with one attached hydrogen (secondary N) is 1. The number of hydrogen-bond acceptors (Lipinski definition) is 3. The molecule has 0 spiro atoms. The van der Waals surface area contributed by atoms with E-state index in [0.717, 1.165) is 25.7 Å². The van der Waals surface area contributed by atoms with Crippen LogP contribution in [0, 0.1) is 5.92 Å². The third-order valence-corrected chi connectivity index (χ3v) is 7.19. The van der Waals surface area contributed by atoms with E-state index in [1.165, 1.54) is 6.42 Å². The molecule has 3 unspecified atom stereocenters. The first-order valence-corrected chi connectivity index (χ1v) is 8.42. The maximum absolute atomic E-state index is 12.6. The highest BCUT2D eigenvalue weighted by Gasteiger charge is 2.37. The second-order valence-electron chi connectivity index (χ2n) is 5.61. The van der Waals surface area contributed by atoms with Crippen LogP contribution in [-0.4, -0.2) is 32.0 Å². The quantitative estimate of drug-likeness (QED) is 0.790. The normalized spacial score (nSPS) is 29.0. The van der Waals surface area contributed by atoms with E-state index in [4.69, 9.17) is 0 Å². The Morgan fingerprint density at radius 1 is 1.06 bits per heavy atom. The maximum Gasteiger partial charge on any atom is 0.157 e. The Bertz CT molecular complexity index is 324. The zero-order valence-electron chi connectivity index (χ0n) is 11.6. The maximum atomic E-state index is 12.6. The molecule has 1 aliphatic rings. The van der Waals surface area contributed by atoms with Gasteiger partial charge in [0.2, 0.25) is 0 Å². The molecule has 0 radical (unpaired) electrons. The topological polar surface area (TPSA) is 46.2 Å². The van der Waals surface area contributed by atoms with E-state index in [0.29, 0.717) is 0 Å². The molecule has 0 heterocycles. The van der Waals surface area contributed by atoms with Gasteiger partial charge in [-0.15, -0.1) is 0 Å². The van der Waals surface area contributed by atoms with E-state index in [2.05, 4.69) is 5.32 Å². The van der Waals surface area contributed by atoms with E-state index < -0.39 is 9.84 Å². The molecular weight excluding hydrogens is 234 g/mol. The van der Waals surface area contributed by atoms with Gasteiger partial charge in [-0.3, -0.25) is 0 Å². The van der Waals surface area contributed by atoms with Gasteiger partial charge in [0, 0.05) is 6.04 Å². The van der Waals surface area contributed by atoms with Crippen LogP contribution >= 0.6 is 0 Å². The Balaban J connectivity index is 2.93. The largest absolute Gasteiger partial charge is 0.316 e. The van der Waals surface area contributed by atoms with E-state index >= 15 is 0 Å². The van der Waals surface area contributed by atoms with Crippen molar-refractivity contribution in [3.05, 3.63) is 0 Å². The first kappa shape index (κ1) is 15.0. The number of hydrogen-bond donors (Lipinski definition) is 1. The standard InChI is InChI=1S/C13H27NO2S/c1-10(2)11(3)17(15,16)13-9-7-5-6-8-12(13)14-4/h10-14H,5-9H2,1-4H3. The Labute approximate surface area is 106 Å². The summed E-state index contributed by atoms with van der Waals surface area (Å²) in [4.78, 5) is 0. The minimum absolute atomic E-state index is 0.142. The van der Waals surface area contributed by atoms with E-state index in [9.17, 15) is 8.42 Å². The summed E-state index contributed by atoms with van der Waals surface area (Å²) in [5.74, 6) is 0.195. The van der Waals surface area contributed by atoms with Crippen LogP contribution in [0.3, 0.4) is 0 Å². The third kappa shape index (κ3) is 3.44. The van der Waals surface area contributed by atoms with Crippen molar-refractivity contribution >= 4 is 9.84 Å². The second-order valence-corrected chi connectivity index (χ2v) is 8.14. The van der Waals surface area contributed by atoms with Gasteiger partial charge in [-0.05, 0) is 32.7 Å². The van der Waals surface area contributed by atoms with Gasteiger partial charge in [-0.2, -0.15) is 0 Å². The van der Waals surface area contributed by atoms with E-state index in [-0.39, 0.29) is 22.5 Å². The van der Waals surface area contributed by atoms with Crippen LogP contribution in [0.15, 0.2) is 0 Å². The monoisotopic (exact) mass is 261 g/mol. The summed E-state index contributed by atoms with van der Waals surface area (Å²) in [6.07, 6.45) is 5.18. The van der Waals surface area contributed by atoms with Crippen LogP contribution < -0.4 is 5.32 Å². The Morgan fingerprint density at radius 3 is 2.18 bits per heavy atom. The molecule has 1 saturated carbocycles. The predicted octanol–water partition coefficient (Wildman–Crippen LogP) is 2.37. The van der Waals surface area contributed by atoms with Crippen molar-refractivity contribution in [2.24, 2.45) is 5.92 Å². The summed E-state index contributed by atoms with van der Waals surface area (Å²) in [5, 5.41) is 2.79. The van der Waals surface area contributed by atoms with Crippen molar-refractivity contribution in [1.29, 1.82) is 0 Å². The molecular formula is C13H27NO2S. The van der Waals surface area contributed by atoms with Crippen molar-refractivity contribution in [3.63, 3.8) is 0 Å². The first-order chi connectivity index (χ1) is 7.91. The number of rotatable bonds is 4. The summed E-state index contributed by atoms with van der Waals surface area (Å²) in [7, 11) is -1.12. The van der Waals surface area contributed by atoms with Crippen LogP contribution in [0.2, 0.25) is 0 Å². The molecule has 1 aliphatic carbocycles. The highest BCUT2D eigenvalue weighted by Crippen LogP contribution is 2.28. The molecule has 0 aromatic carbocycles. The van der Waals surface area contributed by atoms with Gasteiger partial charge in [0.1, 0.15) is 0 Å². The van der Waals surface area contributed by atoms with Crippen LogP contribution in [-0.2, 0) is 9.84 Å². The third-order valence-electron chi connectivity index (χ3n) is 4.20. The van der Waals surface area contributed by atoms with Crippen LogP contribution in [0.1, 0.15) is 52.9 Å². The SMILES string of the molecule is CNC1CCCCCC1S(=O)(=O)C(C)C(C)C. The van der Waals surface area contributed by atoms with Crippen molar-refractivity contribution in [1.82, 2.24) is 5.32 Å². The molecule has 0 bridgehead atoms. The molecule has 0 aromatic heterocycles. The fraction of sp³-hybridized carbons (Fsp3) is 1.00. The number of sulfone groups is 1. The Morgan fingerprint density at radius 2 is 1.65 bits per heavy atom. The zero-order chi connectivity index (χ0) is 13.1. The average molecular weight is 261 g/mol. The minimum atomic E-state index is -3.01. The summed E-state index contributed by atoms with van der Waals surface area (Å²) in [5.41, 5.74) is 0. The molecule has 1 fully saturated rings. The summed E-state index contributed by atoms with van der Waals surface area (Å²) in [6, 6.07) is 0.142. The van der Waals surface area contributed by atoms with Gasteiger partial charge in [-0.1, -0.05) is 33.1 Å². The van der Waals surface area contributed by atoms with Crippen molar-refractivity contribution in [3.8, 4) is 0 Å². The molecule has 0 amide bonds. The fourth-order valence-electron chi connectivity index (χ4n) is 2.65. The minimum Gasteiger partial charge on any atom is -0.316 e. The lowest BCUT2D eigenvalue weighted by Gasteiger charge is -2.29. The smallest absolute Gasteiger partial charge is 0.157 e. The molecule has 1 rings (SSSR count). The molecule has 0 aliphatic heterocycles. The molecule has 0 aromatic rings. The van der Waals surface area contributed by atoms with Crippen molar-refractivity contribution in [2.45, 2.75) is 69.4 Å². The Kier molecular flexibility index (Phi) is 5.45. The Hall–Kier alpha value is -0.0900. The van der Waals surface area contributed by atoms with Gasteiger partial charge in [0.25, 0.3) is 0 Å². The van der Waals surface area contributed by atoms with Crippen molar-refractivity contribution in [2.75, 3.05) is 7.05 Å². The highest BCUT2D eigenvalue weighted by molar-refractivity contribution is 7.92. The predicted molar refractivity (Wildman–Crippen MR) is 72.9 cm³/mol. The second kappa shape index (κ2) is 6.19. The summed E-state index contributed by atoms with van der Waals surface area (Å²) in [6.45, 7) is 5.85. The molecule has 4 heteroatoms. The van der Waals surface area contributed by atoms with Gasteiger partial charge in [-0.25, -0.2) is 8.42 Å². The average Bonchev–Trinajstić information content (AvgIpc) is 2.52. The van der Waals surface area contributed by atoms with Gasteiger partial charge >= 0.3 is 0 Å². The van der Waals surface area contributed by atoms with Gasteiger partial charge in [0.15, 0.2) is 9.84 Å². The summed E-state index contributed by atoms with van der Waals surface area (Å²) >= 11 is 0. The molecule has 17 heavy (non-hydrogen) atoms. The van der Waals surface area contributed by atoms with Gasteiger partial charge < -0.3 is 5.32 Å². The van der Waals surface area contributed by atoms with Gasteiger partial charge in [0.05, 0.1) is 10.5 Å². The van der Waals surface area contributed by atoms with Crippen LogP contribution in [0.5, 0.6) is 0 Å². The lowest BCUT2D eigenvalue weighted by molar-refractivity contribution is 0.466. The lowest BCUT2D eigenvalue weighted by atomic mass is 10.1. The molecule has 3 atom stereocenters.